The van der Waals surface area contributed by atoms with Crippen LogP contribution in [-0.4, -0.2) is 168 Å². The topological polar surface area (TPSA) is 397 Å². The Morgan fingerprint density at radius 2 is 1.29 bits per heavy atom. The van der Waals surface area contributed by atoms with Crippen molar-refractivity contribution in [3.05, 3.63) is 131 Å². The minimum atomic E-state index is -4.02. The van der Waals surface area contributed by atoms with E-state index in [4.69, 9.17) is 25.3 Å². The van der Waals surface area contributed by atoms with Gasteiger partial charge in [0.1, 0.15) is 47.8 Å². The monoisotopic (exact) mass is 1340 g/mol. The fourth-order valence-corrected chi connectivity index (χ4v) is 12.1. The number of aliphatic hydroxyl groups is 1. The minimum Gasteiger partial charge on any atom is -0.508 e. The van der Waals surface area contributed by atoms with Crippen molar-refractivity contribution in [2.24, 2.45) is 11.5 Å². The first-order valence-corrected chi connectivity index (χ1v) is 34.8. The summed E-state index contributed by atoms with van der Waals surface area (Å²) in [7, 11) is -8.04. The highest BCUT2D eigenvalue weighted by molar-refractivity contribution is 7.86. The lowest BCUT2D eigenvalue weighted by Crippen LogP contribution is -2.61. The smallest absolute Gasteiger partial charge is 0.294 e. The molecule has 512 valence electrons. The molecule has 94 heavy (non-hydrogen) atoms. The molecule has 0 unspecified atom stereocenters. The highest BCUT2D eigenvalue weighted by Gasteiger charge is 2.43. The Morgan fingerprint density at radius 1 is 0.670 bits per heavy atom. The van der Waals surface area contributed by atoms with Gasteiger partial charge < -0.3 is 62.8 Å². The van der Waals surface area contributed by atoms with E-state index in [1.165, 1.54) is 72.4 Å². The van der Waals surface area contributed by atoms with Crippen molar-refractivity contribution in [3.8, 4) is 11.5 Å². The number of aliphatic hydroxyl groups excluding tert-OH is 1. The van der Waals surface area contributed by atoms with Crippen LogP contribution >= 0.6 is 0 Å². The molecule has 0 aliphatic carbocycles. The highest BCUT2D eigenvalue weighted by Crippen LogP contribution is 2.26. The predicted octanol–water partition coefficient (Wildman–Crippen LogP) is 4.90. The average Bonchev–Trinajstić information content (AvgIpc) is 1.49. The summed E-state index contributed by atoms with van der Waals surface area (Å²) in [6.45, 7) is 8.34. The molecule has 5 aromatic carbocycles. The van der Waals surface area contributed by atoms with Gasteiger partial charge in [0.25, 0.3) is 26.1 Å². The first-order valence-electron chi connectivity index (χ1n) is 31.9. The Bertz CT molecular complexity index is 3520. The van der Waals surface area contributed by atoms with E-state index < -0.39 is 110 Å². The number of unbranched alkanes of at least 4 members (excludes halogenated alkanes) is 5. The lowest BCUT2D eigenvalue weighted by molar-refractivity contribution is -0.144. The molecule has 0 bridgehead atoms. The van der Waals surface area contributed by atoms with Gasteiger partial charge in [-0.3, -0.25) is 42.7 Å². The van der Waals surface area contributed by atoms with E-state index in [0.29, 0.717) is 32.4 Å². The largest absolute Gasteiger partial charge is 0.508 e. The molecule has 0 saturated carbocycles. The van der Waals surface area contributed by atoms with E-state index in [9.17, 15) is 60.6 Å². The van der Waals surface area contributed by atoms with Crippen molar-refractivity contribution in [3.63, 3.8) is 0 Å². The molecule has 0 aromatic heterocycles. The molecule has 13 N–H and O–H groups in total. The maximum atomic E-state index is 14.5. The van der Waals surface area contributed by atoms with Crippen LogP contribution in [0.2, 0.25) is 0 Å². The van der Waals surface area contributed by atoms with Crippen molar-refractivity contribution in [2.75, 3.05) is 32.8 Å². The summed E-state index contributed by atoms with van der Waals surface area (Å²) in [4.78, 5) is 102. The lowest BCUT2D eigenvalue weighted by atomic mass is 10.0. The van der Waals surface area contributed by atoms with Gasteiger partial charge in [0.15, 0.2) is 0 Å². The Balaban J connectivity index is 0.000000532. The lowest BCUT2D eigenvalue weighted by Gasteiger charge is -2.32. The van der Waals surface area contributed by atoms with Crippen LogP contribution in [0.4, 0.5) is 0 Å². The van der Waals surface area contributed by atoms with Gasteiger partial charge in [0, 0.05) is 31.2 Å². The summed E-state index contributed by atoms with van der Waals surface area (Å²) >= 11 is 0. The van der Waals surface area contributed by atoms with Crippen LogP contribution < -0.4 is 42.8 Å². The standard InChI is InChI=1S/C53H75N9O10.2C7H8O3S/c1-3-4-5-6-9-28-72-40-23-20-35-29-37(19-18-36(35)30-40)47(65)57-41-13-10-26-56-50(68)45-31-38(55)32-62(45)52(70)43(12-7-8-25-54)59-48(66)42(24-17-34-15-21-39(64)22-16-34)58-51(69)44-14-11-27-61(44)53(71)46(33(2)63)60-49(41)67;2*1-6-2-4-7(5-3-6)11(8,9)10/h15-16,18-23,29-30,33,38,41-46,63-64H,3-14,17,24-28,31-32,54-55H2,1-2H3,(H,56,68)(H,57,65)(H,58,69)(H,59,66)(H,60,67);2*2-5H,1H3,(H,8,9,10)/t33-,38+,41+,42+,43+,44+,45+,46+;;/m1../s1. The number of carbonyl (C=O) groups excluding carboxylic acids is 7. The van der Waals surface area contributed by atoms with Gasteiger partial charge in [-0.15, -0.1) is 0 Å². The van der Waals surface area contributed by atoms with E-state index in [1.807, 2.05) is 32.0 Å². The number of aryl methyl sites for hydroxylation is 3. The van der Waals surface area contributed by atoms with Crippen LogP contribution in [0.1, 0.15) is 131 Å². The number of nitrogens with one attached hydrogen (secondary N) is 5. The molecule has 8 atom stereocenters. The molecule has 3 aliphatic heterocycles. The van der Waals surface area contributed by atoms with Gasteiger partial charge in [0.05, 0.1) is 22.5 Å². The van der Waals surface area contributed by atoms with Crippen molar-refractivity contribution < 1.29 is 74.5 Å². The van der Waals surface area contributed by atoms with E-state index in [2.05, 4.69) is 33.5 Å². The van der Waals surface area contributed by atoms with Crippen LogP contribution in [0, 0.1) is 13.8 Å². The number of nitrogens with two attached hydrogens (primary N) is 2. The number of amides is 7. The van der Waals surface area contributed by atoms with E-state index in [0.717, 1.165) is 46.1 Å². The summed E-state index contributed by atoms with van der Waals surface area (Å²) in [5, 5.41) is 36.6. The second-order valence-corrected chi connectivity index (χ2v) is 26.9. The van der Waals surface area contributed by atoms with Gasteiger partial charge in [-0.05, 0) is 175 Å². The van der Waals surface area contributed by atoms with Gasteiger partial charge in [0.2, 0.25) is 35.4 Å². The third-order valence-corrected chi connectivity index (χ3v) is 18.2. The Hall–Kier alpha value is -8.05. The summed E-state index contributed by atoms with van der Waals surface area (Å²) in [5.41, 5.74) is 15.1. The zero-order valence-corrected chi connectivity index (χ0v) is 55.3. The van der Waals surface area contributed by atoms with Crippen molar-refractivity contribution in [1.82, 2.24) is 36.4 Å². The van der Waals surface area contributed by atoms with Crippen LogP contribution in [-0.2, 0) is 55.4 Å². The molecule has 5 aromatic rings. The molecule has 3 heterocycles. The summed E-state index contributed by atoms with van der Waals surface area (Å²) in [6, 6.07) is 21.4. The Morgan fingerprint density at radius 3 is 1.90 bits per heavy atom. The molecule has 27 heteroatoms. The maximum absolute atomic E-state index is 14.5. The van der Waals surface area contributed by atoms with Crippen molar-refractivity contribution >= 4 is 72.4 Å². The average molecular weight is 1340 g/mol. The van der Waals surface area contributed by atoms with E-state index in [-0.39, 0.29) is 85.7 Å². The first kappa shape index (κ1) is 75.0. The maximum Gasteiger partial charge on any atom is 0.294 e. The number of phenols is 1. The third kappa shape index (κ3) is 22.9. The Kier molecular flexibility index (Phi) is 28.7. The van der Waals surface area contributed by atoms with Crippen molar-refractivity contribution in [2.45, 2.75) is 182 Å². The van der Waals surface area contributed by atoms with Crippen LogP contribution in [0.3, 0.4) is 0 Å². The summed E-state index contributed by atoms with van der Waals surface area (Å²) < 4.78 is 65.1. The van der Waals surface area contributed by atoms with Crippen LogP contribution in [0.15, 0.2) is 119 Å². The van der Waals surface area contributed by atoms with E-state index >= 15 is 0 Å². The number of hydrogen-bond donors (Lipinski definition) is 11. The van der Waals surface area contributed by atoms with Gasteiger partial charge in [-0.2, -0.15) is 16.8 Å². The molecular formula is C67H91N9O16S2. The zero-order valence-electron chi connectivity index (χ0n) is 53.7. The number of fused-ring (bicyclic) bond motifs is 3. The molecule has 3 fully saturated rings. The predicted molar refractivity (Wildman–Crippen MR) is 353 cm³/mol. The van der Waals surface area contributed by atoms with Crippen LogP contribution in [0.25, 0.3) is 10.8 Å². The number of nitrogens with zero attached hydrogens (tertiary/aromatic N) is 2. The van der Waals surface area contributed by atoms with Gasteiger partial charge in [-0.1, -0.05) is 92.3 Å². The normalized spacial score (nSPS) is 21.3. The molecular weight excluding hydrogens is 1250 g/mol. The number of rotatable bonds is 19. The molecule has 3 saturated heterocycles. The highest BCUT2D eigenvalue weighted by atomic mass is 32.2. The fourth-order valence-electron chi connectivity index (χ4n) is 11.1. The molecule has 25 nitrogen and oxygen atoms in total. The summed E-state index contributed by atoms with van der Waals surface area (Å²) in [6.07, 6.45) is 6.68. The van der Waals surface area contributed by atoms with Gasteiger partial charge in [-0.25, -0.2) is 0 Å². The molecule has 7 amide bonds. The number of hydrogen-bond acceptors (Lipinski definition) is 16. The second kappa shape index (κ2) is 36.0. The Labute approximate surface area is 550 Å². The first-order chi connectivity index (χ1) is 44.7. The van der Waals surface area contributed by atoms with E-state index in [1.54, 1.807) is 54.6 Å². The minimum absolute atomic E-state index is 0.00630. The SMILES string of the molecule is CCCCCCCOc1ccc2cc(C(=O)N[C@H]3CCCNC(=O)[C@@H]4C[C@H](N)CN4C(=O)[C@H](CCCCN)NC(=O)[C@H](CCc4ccc(O)cc4)NC(=O)[C@@H]4CCCN4C(=O)[C@H]([C@@H](C)O)NC3=O)ccc2c1.Cc1ccc(S(=O)(=O)O)cc1.Cc1ccc(S(=O)(=O)O)cc1. The van der Waals surface area contributed by atoms with Crippen LogP contribution in [0.5, 0.6) is 11.5 Å². The summed E-state index contributed by atoms with van der Waals surface area (Å²) in [5.74, 6) is -3.63. The quantitative estimate of drug-likeness (QED) is 0.0387. The number of benzene rings is 5. The molecule has 8 rings (SSSR count). The molecule has 0 spiro atoms. The van der Waals surface area contributed by atoms with Crippen molar-refractivity contribution in [1.29, 1.82) is 0 Å². The molecule has 0 radical (unpaired) electrons. The fraction of sp³-hybridized carbons (Fsp3) is 0.478. The number of aromatic hydroxyl groups is 1. The number of phenolic OH excluding ortho intramolecular Hbond substituents is 1. The molecule has 3 aliphatic rings. The number of ether oxygens (including phenoxy) is 1. The third-order valence-electron chi connectivity index (χ3n) is 16.5. The van der Waals surface area contributed by atoms with Gasteiger partial charge >= 0.3 is 0 Å². The number of carbonyl (C=O) groups is 7. The second-order valence-electron chi connectivity index (χ2n) is 24.1. The zero-order chi connectivity index (χ0) is 68.7.